The molecule has 0 aromatic rings. The van der Waals surface area contributed by atoms with Crippen molar-refractivity contribution in [1.29, 1.82) is 0 Å². The summed E-state index contributed by atoms with van der Waals surface area (Å²) >= 11 is 4.81. The Morgan fingerprint density at radius 1 is 0.857 bits per heavy atom. The van der Waals surface area contributed by atoms with Crippen LogP contribution in [-0.4, -0.2) is 41.8 Å². The zero-order chi connectivity index (χ0) is 11.8. The van der Waals surface area contributed by atoms with E-state index in [9.17, 15) is 4.57 Å². The summed E-state index contributed by atoms with van der Waals surface area (Å²) in [4.78, 5) is 0. The summed E-state index contributed by atoms with van der Waals surface area (Å²) < 4.78 is 28.9. The summed E-state index contributed by atoms with van der Waals surface area (Å²) in [5, 5.41) is 0. The fourth-order valence-electron chi connectivity index (χ4n) is 0.149. The van der Waals surface area contributed by atoms with Gasteiger partial charge in [0, 0.05) is 41.8 Å². The monoisotopic (exact) mass is 264 g/mol. The Kier molecular flexibility index (Phi) is 9.71. The molecule has 0 aliphatic heterocycles. The Morgan fingerprint density at radius 3 is 1.14 bits per heavy atom. The minimum atomic E-state index is -2.65. The minimum Gasteiger partial charge on any atom is -0.333 e. The third kappa shape index (κ3) is 10.8. The van der Waals surface area contributed by atoms with E-state index in [1.807, 2.05) is 0 Å². The third-order valence-electron chi connectivity index (χ3n) is 1.33. The molecule has 0 fully saturated rings. The summed E-state index contributed by atoms with van der Waals surface area (Å²) in [5.41, 5.74) is 0. The molecule has 0 atom stereocenters. The largest absolute Gasteiger partial charge is 0.333 e. The molecular formula is C6H18O5P2S. The fraction of sp³-hybridized carbons (Fsp3) is 1.00. The Balaban J connectivity index is 0. The maximum absolute atomic E-state index is 10.5. The predicted octanol–water partition coefficient (Wildman–Crippen LogP) is 2.32. The first kappa shape index (κ1) is 17.1. The average molecular weight is 264 g/mol. The second-order valence-corrected chi connectivity index (χ2v) is 8.81. The summed E-state index contributed by atoms with van der Waals surface area (Å²) in [6.07, 6.45) is 0. The third-order valence-corrected chi connectivity index (χ3v) is 4.87. The first-order chi connectivity index (χ1) is 6.24. The van der Waals surface area contributed by atoms with Crippen LogP contribution in [0, 0.1) is 0 Å². The van der Waals surface area contributed by atoms with Crippen molar-refractivity contribution in [3.63, 3.8) is 0 Å². The van der Waals surface area contributed by atoms with Crippen LogP contribution in [0.3, 0.4) is 0 Å². The Hall–Kier alpha value is 0.720. The van der Waals surface area contributed by atoms with Gasteiger partial charge >= 0.3 is 7.60 Å². The molecule has 0 aliphatic rings. The van der Waals surface area contributed by atoms with Crippen molar-refractivity contribution < 1.29 is 22.7 Å². The molecule has 0 saturated heterocycles. The topological polar surface area (TPSA) is 54.0 Å². The van der Waals surface area contributed by atoms with Crippen LogP contribution in [0.15, 0.2) is 0 Å². The van der Waals surface area contributed by atoms with E-state index in [-0.39, 0.29) is 0 Å². The Bertz CT molecular complexity index is 192. The van der Waals surface area contributed by atoms with Crippen molar-refractivity contribution >= 4 is 25.9 Å². The molecule has 0 bridgehead atoms. The SMILES string of the molecule is COP(C)(=O)OC.COP(C)(=S)OC. The van der Waals surface area contributed by atoms with Gasteiger partial charge in [-0.25, -0.2) is 0 Å². The number of hydrogen-bond donors (Lipinski definition) is 0. The van der Waals surface area contributed by atoms with E-state index < -0.39 is 14.1 Å². The molecule has 0 spiro atoms. The molecule has 0 heterocycles. The molecule has 0 aliphatic carbocycles. The van der Waals surface area contributed by atoms with E-state index in [1.165, 1.54) is 20.9 Å². The van der Waals surface area contributed by atoms with Crippen molar-refractivity contribution in [2.24, 2.45) is 0 Å². The molecule has 5 nitrogen and oxygen atoms in total. The Labute approximate surface area is 90.8 Å². The quantitative estimate of drug-likeness (QED) is 0.726. The molecule has 8 heteroatoms. The van der Waals surface area contributed by atoms with E-state index in [0.717, 1.165) is 0 Å². The zero-order valence-electron chi connectivity index (χ0n) is 9.34. The summed E-state index contributed by atoms with van der Waals surface area (Å²) in [6, 6.07) is 0. The first-order valence-corrected chi connectivity index (χ1v) is 8.70. The van der Waals surface area contributed by atoms with Crippen LogP contribution in [0.5, 0.6) is 0 Å². The van der Waals surface area contributed by atoms with Crippen molar-refractivity contribution in [2.45, 2.75) is 0 Å². The molecule has 0 radical (unpaired) electrons. The Morgan fingerprint density at radius 2 is 1.14 bits per heavy atom. The van der Waals surface area contributed by atoms with Crippen LogP contribution >= 0.6 is 14.1 Å². The highest BCUT2D eigenvalue weighted by molar-refractivity contribution is 8.09. The number of hydrogen-bond acceptors (Lipinski definition) is 6. The lowest BCUT2D eigenvalue weighted by Gasteiger charge is -2.09. The van der Waals surface area contributed by atoms with Crippen LogP contribution in [0.2, 0.25) is 0 Å². The van der Waals surface area contributed by atoms with Crippen LogP contribution in [0.25, 0.3) is 0 Å². The maximum Gasteiger partial charge on any atom is 0.327 e. The molecule has 0 aromatic heterocycles. The van der Waals surface area contributed by atoms with Gasteiger partial charge in [-0.05, 0) is 11.8 Å². The first-order valence-electron chi connectivity index (χ1n) is 3.62. The summed E-state index contributed by atoms with van der Waals surface area (Å²) in [5.74, 6) is 0. The van der Waals surface area contributed by atoms with E-state index in [2.05, 4.69) is 9.05 Å². The highest BCUT2D eigenvalue weighted by atomic mass is 32.5. The maximum atomic E-state index is 10.5. The smallest absolute Gasteiger partial charge is 0.327 e. The van der Waals surface area contributed by atoms with Gasteiger partial charge in [-0.3, -0.25) is 4.57 Å². The highest BCUT2D eigenvalue weighted by Crippen LogP contribution is 2.41. The van der Waals surface area contributed by atoms with Gasteiger partial charge in [0.2, 0.25) is 0 Å². The molecule has 0 rings (SSSR count). The molecule has 0 N–H and O–H groups in total. The molecule has 0 saturated carbocycles. The highest BCUT2D eigenvalue weighted by Gasteiger charge is 2.08. The van der Waals surface area contributed by atoms with Crippen molar-refractivity contribution in [2.75, 3.05) is 41.8 Å². The van der Waals surface area contributed by atoms with Gasteiger partial charge in [0.15, 0.2) is 6.49 Å². The molecule has 88 valence electrons. The van der Waals surface area contributed by atoms with E-state index in [1.54, 1.807) is 20.9 Å². The molecule has 0 amide bonds. The lowest BCUT2D eigenvalue weighted by Crippen LogP contribution is -1.82. The van der Waals surface area contributed by atoms with Gasteiger partial charge in [0.25, 0.3) is 0 Å². The van der Waals surface area contributed by atoms with Crippen LogP contribution in [0.4, 0.5) is 0 Å². The van der Waals surface area contributed by atoms with Gasteiger partial charge in [-0.2, -0.15) is 0 Å². The van der Waals surface area contributed by atoms with E-state index >= 15 is 0 Å². The number of rotatable bonds is 4. The van der Waals surface area contributed by atoms with Crippen molar-refractivity contribution in [1.82, 2.24) is 0 Å². The van der Waals surface area contributed by atoms with Gasteiger partial charge < -0.3 is 18.1 Å². The molecule has 0 unspecified atom stereocenters. The van der Waals surface area contributed by atoms with Crippen LogP contribution < -0.4 is 0 Å². The second kappa shape index (κ2) is 7.94. The lowest BCUT2D eigenvalue weighted by atomic mass is 11.8. The average Bonchev–Trinajstić information content (AvgIpc) is 2.19. The van der Waals surface area contributed by atoms with Gasteiger partial charge in [-0.15, -0.1) is 0 Å². The summed E-state index contributed by atoms with van der Waals surface area (Å²) in [6.45, 7) is 1.37. The van der Waals surface area contributed by atoms with Gasteiger partial charge in [0.1, 0.15) is 0 Å². The molecule has 14 heavy (non-hydrogen) atoms. The minimum absolute atomic E-state index is 1.35. The zero-order valence-corrected chi connectivity index (χ0v) is 11.9. The summed E-state index contributed by atoms with van der Waals surface area (Å²) in [7, 11) is 3.17. The van der Waals surface area contributed by atoms with Crippen LogP contribution in [-0.2, 0) is 34.5 Å². The standard InChI is InChI=1S/C3H9O3P.C3H9O2PS/c1-5-7(3,4)6-2;1-4-6(3,7)5-2/h2*1-3H3. The second-order valence-electron chi connectivity index (χ2n) is 2.27. The lowest BCUT2D eigenvalue weighted by molar-refractivity contribution is 0.282. The van der Waals surface area contributed by atoms with Crippen LogP contribution in [0.1, 0.15) is 0 Å². The molecule has 0 aromatic carbocycles. The van der Waals surface area contributed by atoms with E-state index in [4.69, 9.17) is 20.9 Å². The normalized spacial score (nSPS) is 11.9. The van der Waals surface area contributed by atoms with Gasteiger partial charge in [-0.1, -0.05) is 0 Å². The van der Waals surface area contributed by atoms with Crippen molar-refractivity contribution in [3.05, 3.63) is 0 Å². The fourth-order valence-corrected chi connectivity index (χ4v) is 0.447. The molecular weight excluding hydrogens is 246 g/mol. The van der Waals surface area contributed by atoms with Crippen molar-refractivity contribution in [3.8, 4) is 0 Å². The predicted molar refractivity (Wildman–Crippen MR) is 61.8 cm³/mol. The van der Waals surface area contributed by atoms with E-state index in [0.29, 0.717) is 0 Å². The van der Waals surface area contributed by atoms with Gasteiger partial charge in [0.05, 0.1) is 0 Å².